The second kappa shape index (κ2) is 9.60. The van der Waals surface area contributed by atoms with Gasteiger partial charge < -0.3 is 19.9 Å². The van der Waals surface area contributed by atoms with Crippen LogP contribution in [-0.2, 0) is 4.74 Å². The molecule has 0 bridgehead atoms. The number of ether oxygens (including phenoxy) is 1. The highest BCUT2D eigenvalue weighted by Gasteiger charge is 2.23. The molecular weight excluding hydrogens is 368 g/mol. The fraction of sp³-hybridized carbons (Fsp3) is 0.455. The van der Waals surface area contributed by atoms with Gasteiger partial charge in [-0.2, -0.15) is 0 Å². The molecule has 0 atom stereocenters. The first-order valence-electron chi connectivity index (χ1n) is 10.2. The summed E-state index contributed by atoms with van der Waals surface area (Å²) in [6, 6.07) is 10.4. The largest absolute Gasteiger partial charge is 0.462 e. The molecule has 0 radical (unpaired) electrons. The van der Waals surface area contributed by atoms with Crippen molar-refractivity contribution in [1.82, 2.24) is 15.2 Å². The molecular formula is C22H30N4O3. The normalized spacial score (nSPS) is 14.7. The predicted molar refractivity (Wildman–Crippen MR) is 114 cm³/mol. The third-order valence-corrected chi connectivity index (χ3v) is 5.35. The third-order valence-electron chi connectivity index (χ3n) is 5.35. The van der Waals surface area contributed by atoms with E-state index >= 15 is 0 Å². The van der Waals surface area contributed by atoms with Gasteiger partial charge in [0.25, 0.3) is 5.91 Å². The lowest BCUT2D eigenvalue weighted by molar-refractivity contribution is 0.0525. The van der Waals surface area contributed by atoms with Gasteiger partial charge in [-0.3, -0.25) is 9.69 Å². The quantitative estimate of drug-likeness (QED) is 0.700. The van der Waals surface area contributed by atoms with Gasteiger partial charge in [-0.05, 0) is 38.5 Å². The minimum Gasteiger partial charge on any atom is -0.462 e. The molecule has 1 fully saturated rings. The van der Waals surface area contributed by atoms with Crippen LogP contribution in [0.2, 0.25) is 0 Å². The van der Waals surface area contributed by atoms with E-state index in [-0.39, 0.29) is 5.91 Å². The van der Waals surface area contributed by atoms with E-state index in [4.69, 9.17) is 4.74 Å². The molecule has 2 N–H and O–H groups in total. The Balaban J connectivity index is 1.47. The Morgan fingerprint density at radius 2 is 1.79 bits per heavy atom. The van der Waals surface area contributed by atoms with Crippen molar-refractivity contribution < 1.29 is 14.3 Å². The lowest BCUT2D eigenvalue weighted by Crippen LogP contribution is -2.48. The minimum atomic E-state index is -0.394. The van der Waals surface area contributed by atoms with Crippen molar-refractivity contribution in [3.63, 3.8) is 0 Å². The van der Waals surface area contributed by atoms with E-state index in [1.807, 2.05) is 6.07 Å². The molecule has 7 nitrogen and oxygen atoms in total. The fourth-order valence-corrected chi connectivity index (χ4v) is 3.77. The first-order valence-corrected chi connectivity index (χ1v) is 10.2. The maximum Gasteiger partial charge on any atom is 0.340 e. The van der Waals surface area contributed by atoms with Crippen molar-refractivity contribution in [3.8, 4) is 0 Å². The molecule has 29 heavy (non-hydrogen) atoms. The van der Waals surface area contributed by atoms with Gasteiger partial charge in [-0.15, -0.1) is 0 Å². The average Bonchev–Trinajstić information content (AvgIpc) is 3.03. The van der Waals surface area contributed by atoms with Crippen LogP contribution < -0.4 is 10.2 Å². The summed E-state index contributed by atoms with van der Waals surface area (Å²) in [5.41, 5.74) is 3.43. The molecule has 0 saturated carbocycles. The van der Waals surface area contributed by atoms with Crippen LogP contribution in [0.4, 0.5) is 5.69 Å². The fourth-order valence-electron chi connectivity index (χ4n) is 3.77. The molecule has 156 valence electrons. The molecule has 1 aliphatic rings. The standard InChI is InChI=1S/C22H30N4O3/c1-4-29-22(28)19-16(2)20(24-17(19)3)21(27)23-10-11-25-12-14-26(15-13-25)18-8-6-5-7-9-18/h5-9,24H,4,10-15H2,1-3H3,(H,23,27). The number of esters is 1. The maximum absolute atomic E-state index is 12.6. The Kier molecular flexibility index (Phi) is 6.93. The number of nitrogens with one attached hydrogen (secondary N) is 2. The van der Waals surface area contributed by atoms with E-state index in [0.717, 1.165) is 32.7 Å². The van der Waals surface area contributed by atoms with Gasteiger partial charge in [0.05, 0.1) is 12.2 Å². The van der Waals surface area contributed by atoms with E-state index in [1.165, 1.54) is 5.69 Å². The number of piperazine rings is 1. The van der Waals surface area contributed by atoms with E-state index in [9.17, 15) is 9.59 Å². The zero-order chi connectivity index (χ0) is 20.8. The highest BCUT2D eigenvalue weighted by Crippen LogP contribution is 2.19. The summed E-state index contributed by atoms with van der Waals surface area (Å²) in [7, 11) is 0. The van der Waals surface area contributed by atoms with E-state index < -0.39 is 5.97 Å². The topological polar surface area (TPSA) is 77.7 Å². The molecule has 1 saturated heterocycles. The Morgan fingerprint density at radius 3 is 2.45 bits per heavy atom. The molecule has 2 heterocycles. The summed E-state index contributed by atoms with van der Waals surface area (Å²) in [6.45, 7) is 10.9. The molecule has 7 heteroatoms. The lowest BCUT2D eigenvalue weighted by atomic mass is 10.1. The molecule has 3 rings (SSSR count). The van der Waals surface area contributed by atoms with Crippen molar-refractivity contribution in [3.05, 3.63) is 52.8 Å². The highest BCUT2D eigenvalue weighted by atomic mass is 16.5. The van der Waals surface area contributed by atoms with Crippen LogP contribution in [0.3, 0.4) is 0 Å². The molecule has 1 amide bonds. The number of hydrogen-bond acceptors (Lipinski definition) is 5. The van der Waals surface area contributed by atoms with Crippen LogP contribution in [0.5, 0.6) is 0 Å². The van der Waals surface area contributed by atoms with Crippen molar-refractivity contribution in [2.45, 2.75) is 20.8 Å². The monoisotopic (exact) mass is 398 g/mol. The smallest absolute Gasteiger partial charge is 0.340 e. The van der Waals surface area contributed by atoms with Crippen LogP contribution >= 0.6 is 0 Å². The summed E-state index contributed by atoms with van der Waals surface area (Å²) < 4.78 is 5.08. The van der Waals surface area contributed by atoms with E-state index in [0.29, 0.717) is 35.7 Å². The van der Waals surface area contributed by atoms with Gasteiger partial charge in [0.1, 0.15) is 5.69 Å². The number of H-pyrrole nitrogens is 1. The number of aromatic nitrogens is 1. The van der Waals surface area contributed by atoms with Gasteiger partial charge in [-0.25, -0.2) is 4.79 Å². The van der Waals surface area contributed by atoms with Crippen molar-refractivity contribution in [2.24, 2.45) is 0 Å². The van der Waals surface area contributed by atoms with Gasteiger partial charge >= 0.3 is 5.97 Å². The molecule has 0 spiro atoms. The first-order chi connectivity index (χ1) is 14.0. The zero-order valence-electron chi connectivity index (χ0n) is 17.5. The Morgan fingerprint density at radius 1 is 1.10 bits per heavy atom. The van der Waals surface area contributed by atoms with Gasteiger partial charge in [0, 0.05) is 50.6 Å². The number of aromatic amines is 1. The molecule has 1 aromatic carbocycles. The van der Waals surface area contributed by atoms with E-state index in [2.05, 4.69) is 44.4 Å². The lowest BCUT2D eigenvalue weighted by Gasteiger charge is -2.36. The second-order valence-corrected chi connectivity index (χ2v) is 7.27. The zero-order valence-corrected chi connectivity index (χ0v) is 17.5. The number of carbonyl (C=O) groups excluding carboxylic acids is 2. The predicted octanol–water partition coefficient (Wildman–Crippen LogP) is 2.36. The number of nitrogens with zero attached hydrogens (tertiary/aromatic N) is 2. The summed E-state index contributed by atoms with van der Waals surface area (Å²) in [4.78, 5) is 32.4. The second-order valence-electron chi connectivity index (χ2n) is 7.27. The van der Waals surface area contributed by atoms with Gasteiger partial charge in [-0.1, -0.05) is 18.2 Å². The summed E-state index contributed by atoms with van der Waals surface area (Å²) in [5, 5.41) is 2.96. The minimum absolute atomic E-state index is 0.191. The Bertz CT molecular complexity index is 839. The molecule has 0 unspecified atom stereocenters. The van der Waals surface area contributed by atoms with Gasteiger partial charge in [0.15, 0.2) is 0 Å². The number of amides is 1. The summed E-state index contributed by atoms with van der Waals surface area (Å²) in [6.07, 6.45) is 0. The summed E-state index contributed by atoms with van der Waals surface area (Å²) in [5.74, 6) is -0.585. The third kappa shape index (κ3) is 4.98. The Hall–Kier alpha value is -2.80. The first kappa shape index (κ1) is 20.9. The van der Waals surface area contributed by atoms with Crippen molar-refractivity contribution >= 4 is 17.6 Å². The average molecular weight is 399 g/mol. The Labute approximate surface area is 172 Å². The van der Waals surface area contributed by atoms with Crippen LogP contribution in [0, 0.1) is 13.8 Å². The number of carbonyl (C=O) groups is 2. The van der Waals surface area contributed by atoms with E-state index in [1.54, 1.807) is 20.8 Å². The summed E-state index contributed by atoms with van der Waals surface area (Å²) >= 11 is 0. The number of aryl methyl sites for hydroxylation is 1. The van der Waals surface area contributed by atoms with Crippen molar-refractivity contribution in [1.29, 1.82) is 0 Å². The molecule has 0 aliphatic carbocycles. The number of anilines is 1. The molecule has 1 aliphatic heterocycles. The molecule has 1 aromatic heterocycles. The van der Waals surface area contributed by atoms with Gasteiger partial charge in [0.2, 0.25) is 0 Å². The number of para-hydroxylation sites is 1. The maximum atomic E-state index is 12.6. The van der Waals surface area contributed by atoms with Crippen LogP contribution in [-0.4, -0.2) is 67.6 Å². The number of benzene rings is 1. The van der Waals surface area contributed by atoms with Crippen LogP contribution in [0.15, 0.2) is 30.3 Å². The number of hydrogen-bond donors (Lipinski definition) is 2. The van der Waals surface area contributed by atoms with Crippen molar-refractivity contribution in [2.75, 3.05) is 50.8 Å². The highest BCUT2D eigenvalue weighted by molar-refractivity contribution is 6.00. The number of rotatable bonds is 7. The van der Waals surface area contributed by atoms with Crippen LogP contribution in [0.1, 0.15) is 39.0 Å². The van der Waals surface area contributed by atoms with Crippen LogP contribution in [0.25, 0.3) is 0 Å². The SMILES string of the molecule is CCOC(=O)c1c(C)[nH]c(C(=O)NCCN2CCN(c3ccccc3)CC2)c1C. The molecule has 2 aromatic rings.